The molecule has 0 heterocycles. The zero-order valence-corrected chi connectivity index (χ0v) is 13.2. The van der Waals surface area contributed by atoms with Gasteiger partial charge in [-0.25, -0.2) is 0 Å². The van der Waals surface area contributed by atoms with Gasteiger partial charge in [-0.1, -0.05) is 32.9 Å². The van der Waals surface area contributed by atoms with Crippen molar-refractivity contribution in [2.24, 2.45) is 0 Å². The first-order valence-corrected chi connectivity index (χ1v) is 9.52. The molecule has 0 unspecified atom stereocenters. The van der Waals surface area contributed by atoms with Gasteiger partial charge in [0.05, 0.1) is 11.6 Å². The molecule has 0 saturated carbocycles. The summed E-state index contributed by atoms with van der Waals surface area (Å²) in [5, 5.41) is 10.3. The number of nitriles is 1. The molecule has 1 aromatic carbocycles. The van der Waals surface area contributed by atoms with Crippen LogP contribution in [0.25, 0.3) is 0 Å². The Morgan fingerprint density at radius 1 is 1.29 bits per heavy atom. The van der Waals surface area contributed by atoms with Gasteiger partial charge >= 0.3 is 0 Å². The van der Waals surface area contributed by atoms with E-state index in [-0.39, 0.29) is 5.04 Å². The first-order valence-electron chi connectivity index (χ1n) is 5.70. The van der Waals surface area contributed by atoms with Gasteiger partial charge in [-0.05, 0) is 35.5 Å². The van der Waals surface area contributed by atoms with E-state index in [2.05, 4.69) is 46.0 Å². The van der Waals surface area contributed by atoms with Crippen molar-refractivity contribution in [3.63, 3.8) is 0 Å². The fourth-order valence-corrected chi connectivity index (χ4v) is 5.02. The number of rotatable bonds is 3. The fourth-order valence-electron chi connectivity index (χ4n) is 1.30. The van der Waals surface area contributed by atoms with Crippen LogP contribution in [0.15, 0.2) is 24.3 Å². The Bertz CT molecular complexity index is 430. The molecule has 1 rings (SSSR count). The predicted molar refractivity (Wildman–Crippen MR) is 74.8 cm³/mol. The molecule has 0 bridgehead atoms. The van der Waals surface area contributed by atoms with Gasteiger partial charge in [-0.2, -0.15) is 5.26 Å². The Labute approximate surface area is 108 Å². The lowest BCUT2D eigenvalue weighted by Gasteiger charge is -2.27. The second-order valence-corrected chi connectivity index (χ2v) is 11.8. The lowest BCUT2D eigenvalue weighted by atomic mass is 10.2. The van der Waals surface area contributed by atoms with E-state index >= 15 is 0 Å². The smallest absolute Gasteiger partial charge is 0.221 e. The zero-order chi connectivity index (χ0) is 13.1. The second kappa shape index (κ2) is 5.17. The molecule has 0 atom stereocenters. The lowest BCUT2D eigenvalue weighted by Crippen LogP contribution is -2.46. The highest BCUT2D eigenvalue weighted by atomic mass is 28.4. The van der Waals surface area contributed by atoms with Crippen molar-refractivity contribution in [1.82, 2.24) is 0 Å². The lowest BCUT2D eigenvalue weighted by molar-refractivity contribution is 0.550. The van der Waals surface area contributed by atoms with Crippen molar-refractivity contribution in [3.05, 3.63) is 29.8 Å². The van der Waals surface area contributed by atoms with Gasteiger partial charge in [-0.3, -0.25) is 0 Å². The monoisotopic (exact) mass is 261 g/mol. The minimum atomic E-state index is -1.88. The summed E-state index contributed by atoms with van der Waals surface area (Å²) in [5.74, 6) is 0. The van der Waals surface area contributed by atoms with Crippen molar-refractivity contribution in [2.45, 2.75) is 38.9 Å². The first-order chi connectivity index (χ1) is 7.74. The third kappa shape index (κ3) is 4.46. The Hall–Kier alpha value is -0.896. The molecule has 4 heteroatoms. The van der Waals surface area contributed by atoms with Gasteiger partial charge in [0.1, 0.15) is 0 Å². The van der Waals surface area contributed by atoms with E-state index in [0.29, 0.717) is 15.3 Å². The van der Waals surface area contributed by atoms with Gasteiger partial charge in [0, 0.05) is 0 Å². The van der Waals surface area contributed by atoms with Crippen LogP contribution >= 0.6 is 0 Å². The molecule has 0 aromatic heterocycles. The van der Waals surface area contributed by atoms with Crippen LogP contribution in [-0.4, -0.2) is 18.1 Å². The summed E-state index contributed by atoms with van der Waals surface area (Å²) in [5.41, 5.74) is 0.714. The van der Waals surface area contributed by atoms with Crippen LogP contribution in [0.2, 0.25) is 18.1 Å². The Balaban J connectivity index is 2.85. The van der Waals surface area contributed by atoms with E-state index in [1.165, 1.54) is 5.19 Å². The number of nitrogens with zero attached hydrogens (tertiary/aromatic N) is 1. The molecular formula is C13H19NOSi2. The largest absolute Gasteiger partial charge is 0.452 e. The summed E-state index contributed by atoms with van der Waals surface area (Å²) in [6.45, 7) is 10.9. The summed E-state index contributed by atoms with van der Waals surface area (Å²) < 4.78 is 6.14. The minimum absolute atomic E-state index is 0.205. The molecule has 17 heavy (non-hydrogen) atoms. The molecule has 1 aromatic rings. The van der Waals surface area contributed by atoms with E-state index in [1.54, 1.807) is 0 Å². The zero-order valence-electron chi connectivity index (χ0n) is 11.2. The van der Waals surface area contributed by atoms with Gasteiger partial charge in [0.25, 0.3) is 0 Å². The van der Waals surface area contributed by atoms with Gasteiger partial charge in [-0.15, -0.1) is 0 Å². The molecule has 0 aliphatic rings. The van der Waals surface area contributed by atoms with Crippen LogP contribution in [0.4, 0.5) is 0 Å². The average molecular weight is 261 g/mol. The Kier molecular flexibility index (Phi) is 4.31. The van der Waals surface area contributed by atoms with Crippen molar-refractivity contribution >= 4 is 23.3 Å². The first kappa shape index (κ1) is 14.2. The summed E-state index contributed by atoms with van der Waals surface area (Å²) in [6.07, 6.45) is 0. The molecule has 0 amide bonds. The van der Waals surface area contributed by atoms with E-state index in [1.807, 2.05) is 18.2 Å². The minimum Gasteiger partial charge on any atom is -0.452 e. The SMILES string of the molecule is CC(C)(C)[Si]O[Si](C)(C)c1cccc(C#N)c1. The maximum Gasteiger partial charge on any atom is 0.221 e. The number of hydrogen-bond donors (Lipinski definition) is 0. The predicted octanol–water partition coefficient (Wildman–Crippen LogP) is 2.82. The quantitative estimate of drug-likeness (QED) is 0.784. The van der Waals surface area contributed by atoms with Crippen LogP contribution in [0.5, 0.6) is 0 Å². The molecular weight excluding hydrogens is 242 g/mol. The van der Waals surface area contributed by atoms with Gasteiger partial charge in [0.2, 0.25) is 18.1 Å². The van der Waals surface area contributed by atoms with Crippen molar-refractivity contribution in [1.29, 1.82) is 5.26 Å². The van der Waals surface area contributed by atoms with Crippen molar-refractivity contribution in [2.75, 3.05) is 0 Å². The molecule has 2 radical (unpaired) electrons. The highest BCUT2D eigenvalue weighted by molar-refractivity contribution is 6.87. The van der Waals surface area contributed by atoms with E-state index in [0.717, 1.165) is 0 Å². The van der Waals surface area contributed by atoms with E-state index < -0.39 is 8.32 Å². The second-order valence-electron chi connectivity index (χ2n) is 5.66. The van der Waals surface area contributed by atoms with Crippen LogP contribution < -0.4 is 5.19 Å². The van der Waals surface area contributed by atoms with Crippen LogP contribution in [0.3, 0.4) is 0 Å². The standard InChI is InChI=1S/C13H19NOSi2/c1-13(2,3)16-15-17(4,5)12-8-6-7-11(9-12)10-14/h6-9H,1-5H3. The van der Waals surface area contributed by atoms with Gasteiger partial charge < -0.3 is 4.12 Å². The third-order valence-electron chi connectivity index (χ3n) is 2.30. The summed E-state index contributed by atoms with van der Waals surface area (Å²) in [7, 11) is -1.38. The maximum absolute atomic E-state index is 8.91. The molecule has 0 aliphatic heterocycles. The normalized spacial score (nSPS) is 12.2. The Morgan fingerprint density at radius 2 is 1.94 bits per heavy atom. The molecule has 0 aliphatic carbocycles. The summed E-state index contributed by atoms with van der Waals surface area (Å²) in [4.78, 5) is 0. The number of hydrogen-bond acceptors (Lipinski definition) is 2. The van der Waals surface area contributed by atoms with Crippen LogP contribution in [-0.2, 0) is 4.12 Å². The summed E-state index contributed by atoms with van der Waals surface area (Å²) >= 11 is 0. The molecule has 90 valence electrons. The van der Waals surface area contributed by atoms with E-state index in [4.69, 9.17) is 9.38 Å². The van der Waals surface area contributed by atoms with Crippen molar-refractivity contribution < 1.29 is 4.12 Å². The fraction of sp³-hybridized carbons (Fsp3) is 0.462. The summed E-state index contributed by atoms with van der Waals surface area (Å²) in [6, 6.07) is 9.98. The average Bonchev–Trinajstić information content (AvgIpc) is 2.26. The molecule has 2 nitrogen and oxygen atoms in total. The van der Waals surface area contributed by atoms with Gasteiger partial charge in [0.15, 0.2) is 0 Å². The highest BCUT2D eigenvalue weighted by Crippen LogP contribution is 2.22. The molecule has 0 saturated heterocycles. The number of benzene rings is 1. The van der Waals surface area contributed by atoms with Crippen LogP contribution in [0, 0.1) is 11.3 Å². The third-order valence-corrected chi connectivity index (χ3v) is 7.06. The topological polar surface area (TPSA) is 33.0 Å². The van der Waals surface area contributed by atoms with Crippen LogP contribution in [0.1, 0.15) is 26.3 Å². The van der Waals surface area contributed by atoms with E-state index in [9.17, 15) is 0 Å². The highest BCUT2D eigenvalue weighted by Gasteiger charge is 2.28. The molecule has 0 spiro atoms. The maximum atomic E-state index is 8.91. The van der Waals surface area contributed by atoms with Crippen molar-refractivity contribution in [3.8, 4) is 6.07 Å². The Morgan fingerprint density at radius 3 is 2.47 bits per heavy atom. The molecule has 0 fully saturated rings. The molecule has 0 N–H and O–H groups in total.